The van der Waals surface area contributed by atoms with Crippen LogP contribution in [0.5, 0.6) is 11.5 Å². The smallest absolute Gasteiger partial charge is 0.149 e. The fourth-order valence-corrected chi connectivity index (χ4v) is 1.91. The number of nitrogen functional groups attached to an aromatic ring is 1. The van der Waals surface area contributed by atoms with E-state index in [1.807, 2.05) is 18.2 Å². The predicted molar refractivity (Wildman–Crippen MR) is 75.8 cm³/mol. The fourth-order valence-electron chi connectivity index (χ4n) is 1.55. The van der Waals surface area contributed by atoms with Crippen LogP contribution >= 0.6 is 15.9 Å². The van der Waals surface area contributed by atoms with Crippen molar-refractivity contribution in [2.45, 2.75) is 6.61 Å². The Labute approximate surface area is 119 Å². The van der Waals surface area contributed by atoms with Gasteiger partial charge >= 0.3 is 0 Å². The predicted octanol–water partition coefficient (Wildman–Crippen LogP) is 3.76. The van der Waals surface area contributed by atoms with Gasteiger partial charge in [0, 0.05) is 16.1 Å². The minimum Gasteiger partial charge on any atom is -0.497 e. The molecule has 2 N–H and O–H groups in total. The number of halogens is 2. The fraction of sp³-hybridized carbons (Fsp3) is 0.143. The molecule has 0 aromatic heterocycles. The van der Waals surface area contributed by atoms with Crippen LogP contribution in [-0.4, -0.2) is 7.11 Å². The first-order valence-corrected chi connectivity index (χ1v) is 6.39. The summed E-state index contributed by atoms with van der Waals surface area (Å²) in [6, 6.07) is 9.95. The Balaban J connectivity index is 2.11. The van der Waals surface area contributed by atoms with Crippen molar-refractivity contribution in [2.75, 3.05) is 12.8 Å². The van der Waals surface area contributed by atoms with Gasteiger partial charge in [0.05, 0.1) is 12.8 Å². The summed E-state index contributed by atoms with van der Waals surface area (Å²) in [7, 11) is 1.60. The van der Waals surface area contributed by atoms with E-state index >= 15 is 0 Å². The molecule has 0 aliphatic rings. The molecule has 3 nitrogen and oxygen atoms in total. The first kappa shape index (κ1) is 13.7. The topological polar surface area (TPSA) is 44.5 Å². The molecule has 19 heavy (non-hydrogen) atoms. The van der Waals surface area contributed by atoms with Gasteiger partial charge in [0.2, 0.25) is 0 Å². The quantitative estimate of drug-likeness (QED) is 0.870. The molecule has 0 aliphatic carbocycles. The second kappa shape index (κ2) is 5.93. The van der Waals surface area contributed by atoms with Crippen LogP contribution in [0, 0.1) is 5.82 Å². The summed E-state index contributed by atoms with van der Waals surface area (Å²) in [6.45, 7) is 0.307. The van der Waals surface area contributed by atoms with Crippen LogP contribution in [0.1, 0.15) is 5.56 Å². The maximum absolute atomic E-state index is 13.3. The number of ether oxygens (including phenoxy) is 2. The highest BCUT2D eigenvalue weighted by molar-refractivity contribution is 9.10. The van der Waals surface area contributed by atoms with Crippen molar-refractivity contribution in [3.05, 3.63) is 52.3 Å². The van der Waals surface area contributed by atoms with Gasteiger partial charge in [-0.1, -0.05) is 15.9 Å². The zero-order valence-corrected chi connectivity index (χ0v) is 11.9. The van der Waals surface area contributed by atoms with Crippen molar-refractivity contribution in [3.63, 3.8) is 0 Å². The molecule has 0 radical (unpaired) electrons. The summed E-state index contributed by atoms with van der Waals surface area (Å²) in [4.78, 5) is 0. The number of nitrogens with two attached hydrogens (primary N) is 1. The molecule has 2 aromatic rings. The monoisotopic (exact) mass is 325 g/mol. The zero-order chi connectivity index (χ0) is 13.8. The van der Waals surface area contributed by atoms with Crippen LogP contribution < -0.4 is 15.2 Å². The Morgan fingerprint density at radius 3 is 2.58 bits per heavy atom. The van der Waals surface area contributed by atoms with Crippen LogP contribution in [0.3, 0.4) is 0 Å². The van der Waals surface area contributed by atoms with E-state index in [2.05, 4.69) is 15.9 Å². The van der Waals surface area contributed by atoms with Crippen LogP contribution in [0.25, 0.3) is 0 Å². The number of methoxy groups -OCH3 is 1. The van der Waals surface area contributed by atoms with Gasteiger partial charge in [0.1, 0.15) is 23.9 Å². The number of hydrogen-bond acceptors (Lipinski definition) is 3. The van der Waals surface area contributed by atoms with Gasteiger partial charge in [0.15, 0.2) is 0 Å². The lowest BCUT2D eigenvalue weighted by molar-refractivity contribution is 0.303. The average molecular weight is 326 g/mol. The molecule has 2 rings (SSSR count). The van der Waals surface area contributed by atoms with Crippen molar-refractivity contribution < 1.29 is 13.9 Å². The third-order valence-corrected chi connectivity index (χ3v) is 3.39. The molecular formula is C14H13BrFNO2. The molecule has 0 atom stereocenters. The number of anilines is 1. The standard InChI is InChI=1S/C14H13BrFNO2/c1-18-10-2-4-12(15)9(6-10)8-19-11-3-5-14(17)13(16)7-11/h2-7H,8,17H2,1H3. The highest BCUT2D eigenvalue weighted by atomic mass is 79.9. The van der Waals surface area contributed by atoms with Crippen LogP contribution in [-0.2, 0) is 6.61 Å². The summed E-state index contributed by atoms with van der Waals surface area (Å²) >= 11 is 3.43. The van der Waals surface area contributed by atoms with E-state index in [0.717, 1.165) is 15.8 Å². The van der Waals surface area contributed by atoms with E-state index in [-0.39, 0.29) is 5.69 Å². The van der Waals surface area contributed by atoms with Crippen LogP contribution in [0.15, 0.2) is 40.9 Å². The van der Waals surface area contributed by atoms with Gasteiger partial charge in [0.25, 0.3) is 0 Å². The molecule has 0 heterocycles. The number of hydrogen-bond donors (Lipinski definition) is 1. The first-order valence-electron chi connectivity index (χ1n) is 5.60. The minimum absolute atomic E-state index is 0.106. The highest BCUT2D eigenvalue weighted by Crippen LogP contribution is 2.25. The maximum Gasteiger partial charge on any atom is 0.149 e. The highest BCUT2D eigenvalue weighted by Gasteiger charge is 2.05. The molecule has 100 valence electrons. The van der Waals surface area contributed by atoms with Gasteiger partial charge < -0.3 is 15.2 Å². The zero-order valence-electron chi connectivity index (χ0n) is 10.3. The second-order valence-corrected chi connectivity index (χ2v) is 4.78. The van der Waals surface area contributed by atoms with Gasteiger partial charge in [-0.05, 0) is 30.3 Å². The summed E-state index contributed by atoms with van der Waals surface area (Å²) in [5.41, 5.74) is 6.42. The van der Waals surface area contributed by atoms with Crippen LogP contribution in [0.4, 0.5) is 10.1 Å². The first-order chi connectivity index (χ1) is 9.10. The molecule has 0 fully saturated rings. The Hall–Kier alpha value is -1.75. The number of benzene rings is 2. The van der Waals surface area contributed by atoms with Gasteiger partial charge in [-0.2, -0.15) is 0 Å². The lowest BCUT2D eigenvalue weighted by Crippen LogP contribution is -1.98. The van der Waals surface area contributed by atoms with Crippen LogP contribution in [0.2, 0.25) is 0 Å². The number of rotatable bonds is 4. The SMILES string of the molecule is COc1ccc(Br)c(COc2ccc(N)c(F)c2)c1. The van der Waals surface area contributed by atoms with Gasteiger partial charge in [-0.15, -0.1) is 0 Å². The molecule has 0 saturated carbocycles. The molecule has 5 heteroatoms. The van der Waals surface area contributed by atoms with E-state index in [4.69, 9.17) is 15.2 Å². The third-order valence-electron chi connectivity index (χ3n) is 2.62. The van der Waals surface area contributed by atoms with Gasteiger partial charge in [-0.3, -0.25) is 0 Å². The van der Waals surface area contributed by atoms with Crippen molar-refractivity contribution in [3.8, 4) is 11.5 Å². The molecule has 0 saturated heterocycles. The largest absolute Gasteiger partial charge is 0.497 e. The van der Waals surface area contributed by atoms with E-state index in [9.17, 15) is 4.39 Å². The van der Waals surface area contributed by atoms with Crippen molar-refractivity contribution in [2.24, 2.45) is 0 Å². The molecule has 0 aliphatic heterocycles. The lowest BCUT2D eigenvalue weighted by Gasteiger charge is -2.10. The molecule has 0 unspecified atom stereocenters. The third kappa shape index (κ3) is 3.38. The summed E-state index contributed by atoms with van der Waals surface area (Å²) in [5, 5.41) is 0. The van der Waals surface area contributed by atoms with E-state index in [0.29, 0.717) is 12.4 Å². The van der Waals surface area contributed by atoms with E-state index < -0.39 is 5.82 Å². The minimum atomic E-state index is -0.484. The van der Waals surface area contributed by atoms with Crippen molar-refractivity contribution >= 4 is 21.6 Å². The average Bonchev–Trinajstić information content (AvgIpc) is 2.41. The lowest BCUT2D eigenvalue weighted by atomic mass is 10.2. The van der Waals surface area contributed by atoms with Crippen molar-refractivity contribution in [1.29, 1.82) is 0 Å². The molecular weight excluding hydrogens is 313 g/mol. The molecule has 2 aromatic carbocycles. The second-order valence-electron chi connectivity index (χ2n) is 3.93. The maximum atomic E-state index is 13.3. The Bertz CT molecular complexity index is 590. The Morgan fingerprint density at radius 1 is 1.16 bits per heavy atom. The Morgan fingerprint density at radius 2 is 1.89 bits per heavy atom. The van der Waals surface area contributed by atoms with E-state index in [1.165, 1.54) is 12.1 Å². The Kier molecular flexibility index (Phi) is 4.27. The molecule has 0 bridgehead atoms. The normalized spacial score (nSPS) is 10.3. The van der Waals surface area contributed by atoms with E-state index in [1.54, 1.807) is 13.2 Å². The molecule has 0 amide bonds. The summed E-state index contributed by atoms with van der Waals surface area (Å²) in [5.74, 6) is 0.689. The van der Waals surface area contributed by atoms with Crippen molar-refractivity contribution in [1.82, 2.24) is 0 Å². The summed E-state index contributed by atoms with van der Waals surface area (Å²) in [6.07, 6.45) is 0. The van der Waals surface area contributed by atoms with Gasteiger partial charge in [-0.25, -0.2) is 4.39 Å². The summed E-state index contributed by atoms with van der Waals surface area (Å²) < 4.78 is 24.8. The molecule has 0 spiro atoms.